The molecule has 1 unspecified atom stereocenters. The van der Waals surface area contributed by atoms with Gasteiger partial charge in [-0.3, -0.25) is 4.79 Å². The van der Waals surface area contributed by atoms with Gasteiger partial charge >= 0.3 is 0 Å². The number of rotatable bonds is 2. The number of nitrogens with one attached hydrogen (secondary N) is 1. The van der Waals surface area contributed by atoms with E-state index in [1.807, 2.05) is 13.0 Å². The molecular weight excluding hydrogens is 282 g/mol. The summed E-state index contributed by atoms with van der Waals surface area (Å²) in [7, 11) is 0. The van der Waals surface area contributed by atoms with Crippen LogP contribution in [0.3, 0.4) is 0 Å². The van der Waals surface area contributed by atoms with Crippen molar-refractivity contribution in [2.75, 3.05) is 5.32 Å². The van der Waals surface area contributed by atoms with Crippen LogP contribution in [0, 0.1) is 24.2 Å². The van der Waals surface area contributed by atoms with Crippen LogP contribution in [0.5, 0.6) is 0 Å². The topological polar surface area (TPSA) is 65.8 Å². The average Bonchev–Trinajstić information content (AvgIpc) is 2.86. The van der Waals surface area contributed by atoms with Crippen molar-refractivity contribution < 1.29 is 4.79 Å². The Hall–Kier alpha value is -2.19. The second-order valence-corrected chi connectivity index (χ2v) is 6.51. The number of carbonyl (C=O) groups excluding carboxylic acids is 1. The number of aromatic nitrogens is 1. The Morgan fingerprint density at radius 3 is 3.19 bits per heavy atom. The van der Waals surface area contributed by atoms with E-state index in [1.54, 1.807) is 29.5 Å². The molecule has 0 bridgehead atoms. The van der Waals surface area contributed by atoms with Crippen molar-refractivity contribution in [1.29, 1.82) is 5.26 Å². The van der Waals surface area contributed by atoms with E-state index in [9.17, 15) is 4.79 Å². The van der Waals surface area contributed by atoms with E-state index in [1.165, 1.54) is 4.88 Å². The van der Waals surface area contributed by atoms with Crippen molar-refractivity contribution in [2.45, 2.75) is 26.2 Å². The summed E-state index contributed by atoms with van der Waals surface area (Å²) in [6, 6.07) is 9.09. The summed E-state index contributed by atoms with van der Waals surface area (Å²) >= 11 is 1.69. The van der Waals surface area contributed by atoms with Crippen LogP contribution in [0.2, 0.25) is 0 Å². The first-order valence-electron chi connectivity index (χ1n) is 6.92. The smallest absolute Gasteiger partial charge is 0.227 e. The third-order valence-electron chi connectivity index (χ3n) is 3.68. The van der Waals surface area contributed by atoms with E-state index >= 15 is 0 Å². The molecule has 1 aliphatic rings. The molecule has 1 amide bonds. The summed E-state index contributed by atoms with van der Waals surface area (Å²) in [5, 5.41) is 12.9. The molecule has 0 aliphatic heterocycles. The summed E-state index contributed by atoms with van der Waals surface area (Å²) in [6.07, 6.45) is 2.47. The highest BCUT2D eigenvalue weighted by atomic mass is 32.1. The Labute approximate surface area is 127 Å². The van der Waals surface area contributed by atoms with Gasteiger partial charge in [-0.05, 0) is 44.4 Å². The molecule has 0 radical (unpaired) electrons. The highest BCUT2D eigenvalue weighted by Crippen LogP contribution is 2.30. The first-order valence-corrected chi connectivity index (χ1v) is 7.73. The number of nitrogens with zero attached hydrogens (tertiary/aromatic N) is 2. The third kappa shape index (κ3) is 2.96. The number of benzene rings is 1. The number of nitriles is 1. The predicted molar refractivity (Wildman–Crippen MR) is 82.2 cm³/mol. The lowest BCUT2D eigenvalue weighted by molar-refractivity contribution is -0.120. The minimum Gasteiger partial charge on any atom is -0.326 e. The first-order chi connectivity index (χ1) is 10.2. The van der Waals surface area contributed by atoms with Crippen LogP contribution < -0.4 is 5.32 Å². The fourth-order valence-electron chi connectivity index (χ4n) is 2.64. The van der Waals surface area contributed by atoms with Gasteiger partial charge in [-0.1, -0.05) is 6.07 Å². The molecule has 21 heavy (non-hydrogen) atoms. The van der Waals surface area contributed by atoms with Crippen LogP contribution in [0.15, 0.2) is 24.3 Å². The standard InChI is InChI=1S/C16H15N3OS/c1-10-18-14-6-5-12(8-15(14)21-10)16(20)19-13-4-2-3-11(7-13)9-17/h2-4,7,12H,5-6,8H2,1H3,(H,19,20). The van der Waals surface area contributed by atoms with Gasteiger partial charge in [-0.25, -0.2) is 4.98 Å². The molecule has 0 saturated heterocycles. The van der Waals surface area contributed by atoms with E-state index in [-0.39, 0.29) is 11.8 Å². The van der Waals surface area contributed by atoms with Crippen LogP contribution in [-0.2, 0) is 17.6 Å². The number of carbonyl (C=O) groups is 1. The van der Waals surface area contributed by atoms with E-state index in [0.29, 0.717) is 11.3 Å². The molecule has 1 atom stereocenters. The number of anilines is 1. The van der Waals surface area contributed by atoms with Crippen molar-refractivity contribution in [3.05, 3.63) is 45.4 Å². The minimum atomic E-state index is -0.0110. The lowest BCUT2D eigenvalue weighted by Crippen LogP contribution is -2.27. The molecular formula is C16H15N3OS. The number of thiazole rings is 1. The minimum absolute atomic E-state index is 0.0110. The van der Waals surface area contributed by atoms with Gasteiger partial charge < -0.3 is 5.32 Å². The summed E-state index contributed by atoms with van der Waals surface area (Å²) in [5.74, 6) is 0.0184. The van der Waals surface area contributed by atoms with Gasteiger partial charge in [0, 0.05) is 16.5 Å². The van der Waals surface area contributed by atoms with Gasteiger partial charge in [-0.2, -0.15) is 5.26 Å². The normalized spacial score (nSPS) is 16.9. The Kier molecular flexibility index (Phi) is 3.72. The van der Waals surface area contributed by atoms with Crippen LogP contribution in [-0.4, -0.2) is 10.9 Å². The summed E-state index contributed by atoms with van der Waals surface area (Å²) in [4.78, 5) is 18.1. The van der Waals surface area contributed by atoms with Crippen LogP contribution in [0.4, 0.5) is 5.69 Å². The molecule has 2 aromatic rings. The zero-order valence-corrected chi connectivity index (χ0v) is 12.5. The lowest BCUT2D eigenvalue weighted by Gasteiger charge is -2.20. The number of amides is 1. The van der Waals surface area contributed by atoms with Gasteiger partial charge in [0.1, 0.15) is 0 Å². The SMILES string of the molecule is Cc1nc2c(s1)CC(C(=O)Nc1cccc(C#N)c1)CC2. The first kappa shape index (κ1) is 13.8. The summed E-state index contributed by atoms with van der Waals surface area (Å²) in [5.41, 5.74) is 2.40. The maximum atomic E-state index is 12.4. The highest BCUT2D eigenvalue weighted by Gasteiger charge is 2.27. The molecule has 0 saturated carbocycles. The second-order valence-electron chi connectivity index (χ2n) is 5.22. The van der Waals surface area contributed by atoms with E-state index < -0.39 is 0 Å². The zero-order valence-electron chi connectivity index (χ0n) is 11.7. The predicted octanol–water partition coefficient (Wildman–Crippen LogP) is 3.07. The van der Waals surface area contributed by atoms with Gasteiger partial charge in [-0.15, -0.1) is 11.3 Å². The Balaban J connectivity index is 1.70. The van der Waals surface area contributed by atoms with E-state index in [0.717, 1.165) is 30.0 Å². The van der Waals surface area contributed by atoms with Crippen LogP contribution in [0.25, 0.3) is 0 Å². The van der Waals surface area contributed by atoms with Crippen molar-refractivity contribution in [1.82, 2.24) is 4.98 Å². The molecule has 0 fully saturated rings. The van der Waals surface area contributed by atoms with Crippen LogP contribution >= 0.6 is 11.3 Å². The molecule has 3 rings (SSSR count). The quantitative estimate of drug-likeness (QED) is 0.926. The molecule has 1 aromatic heterocycles. The Bertz CT molecular complexity index is 729. The molecule has 1 heterocycles. The Morgan fingerprint density at radius 1 is 1.52 bits per heavy atom. The lowest BCUT2D eigenvalue weighted by atomic mass is 9.90. The molecule has 1 N–H and O–H groups in total. The van der Waals surface area contributed by atoms with Crippen molar-refractivity contribution in [3.63, 3.8) is 0 Å². The fraction of sp³-hybridized carbons (Fsp3) is 0.312. The maximum Gasteiger partial charge on any atom is 0.227 e. The Morgan fingerprint density at radius 2 is 2.38 bits per heavy atom. The van der Waals surface area contributed by atoms with Crippen LogP contribution in [0.1, 0.15) is 27.6 Å². The molecule has 1 aliphatic carbocycles. The summed E-state index contributed by atoms with van der Waals surface area (Å²) < 4.78 is 0. The van der Waals surface area contributed by atoms with Gasteiger partial charge in [0.2, 0.25) is 5.91 Å². The second kappa shape index (κ2) is 5.66. The average molecular weight is 297 g/mol. The molecule has 4 nitrogen and oxygen atoms in total. The molecule has 5 heteroatoms. The monoisotopic (exact) mass is 297 g/mol. The third-order valence-corrected chi connectivity index (χ3v) is 4.71. The van der Waals surface area contributed by atoms with E-state index in [2.05, 4.69) is 16.4 Å². The maximum absolute atomic E-state index is 12.4. The largest absolute Gasteiger partial charge is 0.326 e. The highest BCUT2D eigenvalue weighted by molar-refractivity contribution is 7.11. The number of aryl methyl sites for hydroxylation is 2. The number of hydrogen-bond donors (Lipinski definition) is 1. The molecule has 106 valence electrons. The van der Waals surface area contributed by atoms with Crippen molar-refractivity contribution in [3.8, 4) is 6.07 Å². The summed E-state index contributed by atoms with van der Waals surface area (Å²) in [6.45, 7) is 2.01. The van der Waals surface area contributed by atoms with Crippen molar-refractivity contribution in [2.24, 2.45) is 5.92 Å². The molecule has 1 aromatic carbocycles. The van der Waals surface area contributed by atoms with E-state index in [4.69, 9.17) is 5.26 Å². The number of fused-ring (bicyclic) bond motifs is 1. The van der Waals surface area contributed by atoms with Gasteiger partial charge in [0.05, 0.1) is 22.3 Å². The van der Waals surface area contributed by atoms with Gasteiger partial charge in [0.15, 0.2) is 0 Å². The molecule has 0 spiro atoms. The number of hydrogen-bond acceptors (Lipinski definition) is 4. The van der Waals surface area contributed by atoms with Crippen molar-refractivity contribution >= 4 is 22.9 Å². The fourth-order valence-corrected chi connectivity index (χ4v) is 3.70. The zero-order chi connectivity index (χ0) is 14.8. The van der Waals surface area contributed by atoms with Gasteiger partial charge in [0.25, 0.3) is 0 Å².